The van der Waals surface area contributed by atoms with E-state index in [1.807, 2.05) is 12.1 Å². The van der Waals surface area contributed by atoms with Gasteiger partial charge < -0.3 is 0 Å². The van der Waals surface area contributed by atoms with Crippen molar-refractivity contribution in [1.82, 2.24) is 19.5 Å². The van der Waals surface area contributed by atoms with E-state index in [2.05, 4.69) is 46.3 Å². The van der Waals surface area contributed by atoms with Crippen molar-refractivity contribution in [3.05, 3.63) is 29.7 Å². The molecular formula is C14H20N4. The minimum Gasteiger partial charge on any atom is -0.291 e. The van der Waals surface area contributed by atoms with Crippen LogP contribution in [0.1, 0.15) is 44.2 Å². The molecule has 0 spiro atoms. The lowest BCUT2D eigenvalue weighted by molar-refractivity contribution is 0.197. The second-order valence-electron chi connectivity index (χ2n) is 5.41. The van der Waals surface area contributed by atoms with Crippen LogP contribution >= 0.6 is 0 Å². The maximum Gasteiger partial charge on any atom is 0.161 e. The summed E-state index contributed by atoms with van der Waals surface area (Å²) in [6.45, 7) is 7.81. The molecule has 1 unspecified atom stereocenters. The normalized spacial score (nSPS) is 21.2. The van der Waals surface area contributed by atoms with E-state index in [4.69, 9.17) is 0 Å². The van der Waals surface area contributed by atoms with Gasteiger partial charge in [0.2, 0.25) is 0 Å². The van der Waals surface area contributed by atoms with Crippen LogP contribution in [0.25, 0.3) is 5.65 Å². The third-order valence-electron chi connectivity index (χ3n) is 3.90. The van der Waals surface area contributed by atoms with Crippen LogP contribution in [0, 0.1) is 6.92 Å². The third-order valence-corrected chi connectivity index (χ3v) is 3.90. The Labute approximate surface area is 108 Å². The number of fused-ring (bicyclic) bond motifs is 1. The van der Waals surface area contributed by atoms with Crippen LogP contribution in [0.3, 0.4) is 0 Å². The molecule has 0 amide bonds. The molecule has 0 radical (unpaired) electrons. The van der Waals surface area contributed by atoms with Gasteiger partial charge in [0.15, 0.2) is 11.5 Å². The minimum absolute atomic E-state index is 0.418. The summed E-state index contributed by atoms with van der Waals surface area (Å²) in [5, 5.41) is 8.75. The molecule has 2 aromatic rings. The van der Waals surface area contributed by atoms with Crippen molar-refractivity contribution in [3.63, 3.8) is 0 Å². The molecule has 0 bridgehead atoms. The molecule has 0 N–H and O–H groups in total. The lowest BCUT2D eigenvalue weighted by Gasteiger charge is -2.27. The molecule has 0 aliphatic carbocycles. The zero-order valence-electron chi connectivity index (χ0n) is 11.3. The van der Waals surface area contributed by atoms with E-state index in [0.29, 0.717) is 12.1 Å². The fraction of sp³-hybridized carbons (Fsp3) is 0.571. The molecule has 1 fully saturated rings. The SMILES string of the molecule is Cc1cccc2nnc(C3CCCN3C(C)C)n12. The van der Waals surface area contributed by atoms with Crippen LogP contribution in [-0.4, -0.2) is 32.1 Å². The smallest absolute Gasteiger partial charge is 0.161 e. The summed E-state index contributed by atoms with van der Waals surface area (Å²) in [4.78, 5) is 2.53. The third kappa shape index (κ3) is 1.72. The van der Waals surface area contributed by atoms with Gasteiger partial charge in [-0.1, -0.05) is 6.07 Å². The van der Waals surface area contributed by atoms with Crippen LogP contribution in [0.5, 0.6) is 0 Å². The Morgan fingerprint density at radius 2 is 2.11 bits per heavy atom. The molecule has 4 heteroatoms. The van der Waals surface area contributed by atoms with Gasteiger partial charge in [-0.15, -0.1) is 10.2 Å². The topological polar surface area (TPSA) is 33.4 Å². The number of likely N-dealkylation sites (tertiary alicyclic amines) is 1. The number of aryl methyl sites for hydroxylation is 1. The maximum atomic E-state index is 4.44. The molecule has 96 valence electrons. The Kier molecular flexibility index (Phi) is 2.82. The van der Waals surface area contributed by atoms with Crippen LogP contribution in [0.4, 0.5) is 0 Å². The lowest BCUT2D eigenvalue weighted by atomic mass is 10.2. The van der Waals surface area contributed by atoms with Crippen LogP contribution < -0.4 is 0 Å². The fourth-order valence-electron chi connectivity index (χ4n) is 3.03. The van der Waals surface area contributed by atoms with Gasteiger partial charge in [0.25, 0.3) is 0 Å². The summed E-state index contributed by atoms with van der Waals surface area (Å²) >= 11 is 0. The van der Waals surface area contributed by atoms with Crippen molar-refractivity contribution in [2.24, 2.45) is 0 Å². The number of hydrogen-bond donors (Lipinski definition) is 0. The van der Waals surface area contributed by atoms with Crippen LogP contribution in [0.2, 0.25) is 0 Å². The monoisotopic (exact) mass is 244 g/mol. The van der Waals surface area contributed by atoms with Gasteiger partial charge >= 0.3 is 0 Å². The first-order valence-electron chi connectivity index (χ1n) is 6.75. The van der Waals surface area contributed by atoms with Crippen molar-refractivity contribution in [2.45, 2.75) is 45.7 Å². The molecule has 1 atom stereocenters. The van der Waals surface area contributed by atoms with E-state index in [0.717, 1.165) is 11.5 Å². The molecule has 3 heterocycles. The highest BCUT2D eigenvalue weighted by atomic mass is 15.3. The predicted octanol–water partition coefficient (Wildman–Crippen LogP) is 2.58. The summed E-state index contributed by atoms with van der Waals surface area (Å²) in [7, 11) is 0. The Hall–Kier alpha value is -1.42. The highest BCUT2D eigenvalue weighted by Crippen LogP contribution is 2.32. The summed E-state index contributed by atoms with van der Waals surface area (Å²) in [6, 6.07) is 7.17. The zero-order chi connectivity index (χ0) is 12.7. The highest BCUT2D eigenvalue weighted by Gasteiger charge is 2.31. The maximum absolute atomic E-state index is 4.44. The first kappa shape index (κ1) is 11.7. The van der Waals surface area contributed by atoms with Crippen molar-refractivity contribution in [2.75, 3.05) is 6.54 Å². The number of hydrogen-bond acceptors (Lipinski definition) is 3. The first-order chi connectivity index (χ1) is 8.68. The molecule has 3 rings (SSSR count). The van der Waals surface area contributed by atoms with E-state index in [1.54, 1.807) is 0 Å². The number of rotatable bonds is 2. The quantitative estimate of drug-likeness (QED) is 0.814. The summed E-state index contributed by atoms with van der Waals surface area (Å²) in [6.07, 6.45) is 2.44. The van der Waals surface area contributed by atoms with Gasteiger partial charge in [0.05, 0.1) is 6.04 Å². The molecule has 1 saturated heterocycles. The largest absolute Gasteiger partial charge is 0.291 e. The fourth-order valence-corrected chi connectivity index (χ4v) is 3.03. The minimum atomic E-state index is 0.418. The molecule has 1 aliphatic rings. The summed E-state index contributed by atoms with van der Waals surface area (Å²) < 4.78 is 2.20. The average molecular weight is 244 g/mol. The second kappa shape index (κ2) is 4.35. The van der Waals surface area contributed by atoms with Gasteiger partial charge in [0.1, 0.15) is 0 Å². The molecule has 4 nitrogen and oxygen atoms in total. The van der Waals surface area contributed by atoms with Gasteiger partial charge in [-0.2, -0.15) is 0 Å². The van der Waals surface area contributed by atoms with E-state index in [-0.39, 0.29) is 0 Å². The summed E-state index contributed by atoms with van der Waals surface area (Å²) in [5.74, 6) is 1.11. The average Bonchev–Trinajstić information content (AvgIpc) is 2.94. The van der Waals surface area contributed by atoms with Gasteiger partial charge in [0, 0.05) is 11.7 Å². The molecule has 18 heavy (non-hydrogen) atoms. The number of nitrogens with zero attached hydrogens (tertiary/aromatic N) is 4. The Morgan fingerprint density at radius 1 is 1.28 bits per heavy atom. The lowest BCUT2D eigenvalue weighted by Crippen LogP contribution is -2.31. The molecule has 0 saturated carbocycles. The van der Waals surface area contributed by atoms with Gasteiger partial charge in [-0.3, -0.25) is 9.30 Å². The van der Waals surface area contributed by atoms with E-state index in [1.165, 1.54) is 25.1 Å². The van der Waals surface area contributed by atoms with Crippen molar-refractivity contribution < 1.29 is 0 Å². The first-order valence-corrected chi connectivity index (χ1v) is 6.75. The van der Waals surface area contributed by atoms with Crippen LogP contribution in [-0.2, 0) is 0 Å². The van der Waals surface area contributed by atoms with Crippen molar-refractivity contribution in [3.8, 4) is 0 Å². The van der Waals surface area contributed by atoms with Crippen LogP contribution in [0.15, 0.2) is 18.2 Å². The Balaban J connectivity index is 2.09. The zero-order valence-corrected chi connectivity index (χ0v) is 11.3. The Bertz CT molecular complexity index is 558. The standard InChI is InChI=1S/C14H20N4/c1-10(2)17-9-5-7-12(17)14-16-15-13-8-4-6-11(3)18(13)14/h4,6,8,10,12H,5,7,9H2,1-3H3. The van der Waals surface area contributed by atoms with E-state index >= 15 is 0 Å². The molecule has 0 aromatic carbocycles. The highest BCUT2D eigenvalue weighted by molar-refractivity contribution is 5.40. The van der Waals surface area contributed by atoms with Crippen molar-refractivity contribution in [1.29, 1.82) is 0 Å². The van der Waals surface area contributed by atoms with E-state index in [9.17, 15) is 0 Å². The van der Waals surface area contributed by atoms with E-state index < -0.39 is 0 Å². The second-order valence-corrected chi connectivity index (χ2v) is 5.41. The summed E-state index contributed by atoms with van der Waals surface area (Å²) in [5.41, 5.74) is 2.17. The molecule has 1 aliphatic heterocycles. The predicted molar refractivity (Wildman–Crippen MR) is 71.5 cm³/mol. The van der Waals surface area contributed by atoms with Gasteiger partial charge in [-0.25, -0.2) is 0 Å². The van der Waals surface area contributed by atoms with Crippen molar-refractivity contribution >= 4 is 5.65 Å². The Morgan fingerprint density at radius 3 is 2.89 bits per heavy atom. The molecular weight excluding hydrogens is 224 g/mol. The molecule has 2 aromatic heterocycles. The van der Waals surface area contributed by atoms with Gasteiger partial charge in [-0.05, 0) is 52.3 Å². The number of pyridine rings is 1. The number of aromatic nitrogens is 3.